The van der Waals surface area contributed by atoms with Gasteiger partial charge in [0.05, 0.1) is 17.7 Å². The maximum absolute atomic E-state index is 5.81. The van der Waals surface area contributed by atoms with Crippen molar-refractivity contribution in [3.05, 3.63) is 23.8 Å². The number of fused-ring (bicyclic) bond motifs is 3. The van der Waals surface area contributed by atoms with E-state index in [-0.39, 0.29) is 5.54 Å². The summed E-state index contributed by atoms with van der Waals surface area (Å²) in [5.74, 6) is 1.86. The summed E-state index contributed by atoms with van der Waals surface area (Å²) in [7, 11) is 0. The molecule has 26 heavy (non-hydrogen) atoms. The minimum absolute atomic E-state index is 0.174. The van der Waals surface area contributed by atoms with Crippen molar-refractivity contribution in [3.63, 3.8) is 0 Å². The zero-order chi connectivity index (χ0) is 18.5. The van der Waals surface area contributed by atoms with E-state index in [9.17, 15) is 0 Å². The number of nitrogens with zero attached hydrogens (tertiary/aromatic N) is 4. The van der Waals surface area contributed by atoms with Gasteiger partial charge in [-0.3, -0.25) is 0 Å². The third-order valence-electron chi connectivity index (χ3n) is 4.74. The zero-order valence-electron chi connectivity index (χ0n) is 16.0. The first-order valence-corrected chi connectivity index (χ1v) is 10.1. The molecule has 2 aromatic heterocycles. The van der Waals surface area contributed by atoms with Crippen LogP contribution in [-0.2, 0) is 5.54 Å². The van der Waals surface area contributed by atoms with Crippen LogP contribution in [0.1, 0.15) is 46.6 Å². The fourth-order valence-corrected chi connectivity index (χ4v) is 4.44. The third-order valence-corrected chi connectivity index (χ3v) is 5.78. The summed E-state index contributed by atoms with van der Waals surface area (Å²) in [6.45, 7) is 11.4. The van der Waals surface area contributed by atoms with Gasteiger partial charge in [-0.2, -0.15) is 0 Å². The molecule has 0 bridgehead atoms. The van der Waals surface area contributed by atoms with Crippen LogP contribution < -0.4 is 4.74 Å². The molecule has 6 heteroatoms. The second-order valence-corrected chi connectivity index (χ2v) is 8.29. The first-order valence-electron chi connectivity index (χ1n) is 9.15. The molecule has 3 heterocycles. The molecule has 0 unspecified atom stereocenters. The molecule has 1 aliphatic rings. The minimum atomic E-state index is -0.174. The van der Waals surface area contributed by atoms with Gasteiger partial charge in [-0.1, -0.05) is 24.8 Å². The summed E-state index contributed by atoms with van der Waals surface area (Å²) in [6.07, 6.45) is 3.38. The molecule has 0 aliphatic carbocycles. The van der Waals surface area contributed by atoms with Gasteiger partial charge in [-0.05, 0) is 51.8 Å². The highest BCUT2D eigenvalue weighted by molar-refractivity contribution is 7.99. The van der Waals surface area contributed by atoms with Crippen LogP contribution in [0.2, 0.25) is 0 Å². The summed E-state index contributed by atoms with van der Waals surface area (Å²) < 4.78 is 8.11. The Bertz CT molecular complexity index is 1040. The van der Waals surface area contributed by atoms with E-state index in [1.165, 1.54) is 16.7 Å². The normalized spacial score (nSPS) is 15.5. The molecule has 0 atom stereocenters. The Kier molecular flexibility index (Phi) is 4.18. The van der Waals surface area contributed by atoms with Crippen LogP contribution in [-0.4, -0.2) is 32.1 Å². The standard InChI is InChI=1S/C20H24N4OS/c1-6-8-26-19-21-18-16(22-23-19)15-10-13(25-7-2)9-14-12(3)11-20(4,5)24(18)17(14)15/h9-11H,6-8H2,1-5H3. The van der Waals surface area contributed by atoms with Crippen molar-refractivity contribution in [1.29, 1.82) is 0 Å². The highest BCUT2D eigenvalue weighted by Crippen LogP contribution is 2.43. The number of thioether (sulfide) groups is 1. The Morgan fingerprint density at radius 1 is 1.19 bits per heavy atom. The molecule has 136 valence electrons. The van der Waals surface area contributed by atoms with Crippen molar-refractivity contribution in [2.45, 2.75) is 51.7 Å². The highest BCUT2D eigenvalue weighted by atomic mass is 32.2. The lowest BCUT2D eigenvalue weighted by atomic mass is 9.92. The van der Waals surface area contributed by atoms with Gasteiger partial charge in [-0.15, -0.1) is 10.2 Å². The number of aromatic nitrogens is 4. The molecule has 1 aromatic carbocycles. The summed E-state index contributed by atoms with van der Waals surface area (Å²) in [5.41, 5.74) is 5.19. The van der Waals surface area contributed by atoms with Gasteiger partial charge in [0.25, 0.3) is 0 Å². The molecule has 0 fully saturated rings. The van der Waals surface area contributed by atoms with E-state index in [1.807, 2.05) is 6.92 Å². The number of benzene rings is 1. The molecule has 4 rings (SSSR count). The van der Waals surface area contributed by atoms with Crippen LogP contribution >= 0.6 is 11.8 Å². The lowest BCUT2D eigenvalue weighted by Crippen LogP contribution is -2.27. The Labute approximate surface area is 157 Å². The average Bonchev–Trinajstić information content (AvgIpc) is 2.93. The molecule has 0 spiro atoms. The minimum Gasteiger partial charge on any atom is -0.494 e. The Hall–Kier alpha value is -2.08. The molecule has 1 aliphatic heterocycles. The maximum atomic E-state index is 5.81. The smallest absolute Gasteiger partial charge is 0.211 e. The molecular weight excluding hydrogens is 344 g/mol. The lowest BCUT2D eigenvalue weighted by Gasteiger charge is -2.31. The van der Waals surface area contributed by atoms with Gasteiger partial charge in [0.15, 0.2) is 5.65 Å². The van der Waals surface area contributed by atoms with Crippen molar-refractivity contribution < 1.29 is 4.74 Å². The van der Waals surface area contributed by atoms with Crippen molar-refractivity contribution >= 4 is 39.4 Å². The molecule has 0 radical (unpaired) electrons. The largest absolute Gasteiger partial charge is 0.494 e. The van der Waals surface area contributed by atoms with Crippen LogP contribution in [0.3, 0.4) is 0 Å². The van der Waals surface area contributed by atoms with Crippen molar-refractivity contribution in [2.75, 3.05) is 12.4 Å². The number of hydrogen-bond donors (Lipinski definition) is 0. The van der Waals surface area contributed by atoms with E-state index < -0.39 is 0 Å². The quantitative estimate of drug-likeness (QED) is 0.591. The monoisotopic (exact) mass is 368 g/mol. The van der Waals surface area contributed by atoms with Gasteiger partial charge < -0.3 is 9.30 Å². The number of rotatable bonds is 5. The Morgan fingerprint density at radius 2 is 2.00 bits per heavy atom. The molecule has 5 nitrogen and oxygen atoms in total. The van der Waals surface area contributed by atoms with E-state index in [2.05, 4.69) is 60.7 Å². The molecule has 0 saturated carbocycles. The SMILES string of the molecule is CCCSc1nnc2c3cc(OCC)cc4c3n(c2n1)C(C)(C)C=C4C. The third kappa shape index (κ3) is 2.58. The Morgan fingerprint density at radius 3 is 2.73 bits per heavy atom. The van der Waals surface area contributed by atoms with Crippen LogP contribution in [0.5, 0.6) is 5.75 Å². The summed E-state index contributed by atoms with van der Waals surface area (Å²) in [6, 6.07) is 4.20. The summed E-state index contributed by atoms with van der Waals surface area (Å²) in [5, 5.41) is 10.7. The second kappa shape index (κ2) is 6.27. The molecule has 3 aromatic rings. The second-order valence-electron chi connectivity index (χ2n) is 7.23. The summed E-state index contributed by atoms with van der Waals surface area (Å²) in [4.78, 5) is 4.87. The summed E-state index contributed by atoms with van der Waals surface area (Å²) >= 11 is 1.66. The van der Waals surface area contributed by atoms with E-state index in [0.717, 1.165) is 39.6 Å². The first kappa shape index (κ1) is 17.3. The van der Waals surface area contributed by atoms with E-state index in [4.69, 9.17) is 9.72 Å². The van der Waals surface area contributed by atoms with E-state index in [0.29, 0.717) is 6.61 Å². The van der Waals surface area contributed by atoms with Gasteiger partial charge in [0.2, 0.25) is 5.16 Å². The van der Waals surface area contributed by atoms with Crippen molar-refractivity contribution in [2.24, 2.45) is 0 Å². The number of allylic oxidation sites excluding steroid dienone is 2. The van der Waals surface area contributed by atoms with Crippen molar-refractivity contribution in [1.82, 2.24) is 19.7 Å². The highest BCUT2D eigenvalue weighted by Gasteiger charge is 2.31. The molecule has 0 N–H and O–H groups in total. The van der Waals surface area contributed by atoms with Crippen LogP contribution in [0.15, 0.2) is 23.4 Å². The molecular formula is C20H24N4OS. The maximum Gasteiger partial charge on any atom is 0.211 e. The zero-order valence-corrected chi connectivity index (χ0v) is 16.8. The fourth-order valence-electron chi connectivity index (χ4n) is 3.81. The first-order chi connectivity index (χ1) is 12.5. The van der Waals surface area contributed by atoms with Gasteiger partial charge in [-0.25, -0.2) is 4.98 Å². The number of ether oxygens (including phenoxy) is 1. The van der Waals surface area contributed by atoms with E-state index >= 15 is 0 Å². The van der Waals surface area contributed by atoms with Gasteiger partial charge >= 0.3 is 0 Å². The van der Waals surface area contributed by atoms with E-state index in [1.54, 1.807) is 11.8 Å². The predicted molar refractivity (Wildman–Crippen MR) is 108 cm³/mol. The lowest BCUT2D eigenvalue weighted by molar-refractivity contribution is 0.340. The molecule has 0 saturated heterocycles. The topological polar surface area (TPSA) is 52.8 Å². The molecule has 0 amide bonds. The van der Waals surface area contributed by atoms with Crippen LogP contribution in [0.4, 0.5) is 0 Å². The fraction of sp³-hybridized carbons (Fsp3) is 0.450. The Balaban J connectivity index is 2.07. The number of hydrogen-bond acceptors (Lipinski definition) is 5. The average molecular weight is 369 g/mol. The van der Waals surface area contributed by atoms with Gasteiger partial charge in [0, 0.05) is 16.7 Å². The van der Waals surface area contributed by atoms with Gasteiger partial charge in [0.1, 0.15) is 11.3 Å². The van der Waals surface area contributed by atoms with Crippen LogP contribution in [0.25, 0.3) is 27.6 Å². The van der Waals surface area contributed by atoms with Crippen LogP contribution in [0, 0.1) is 0 Å². The van der Waals surface area contributed by atoms with Crippen molar-refractivity contribution in [3.8, 4) is 5.75 Å². The predicted octanol–water partition coefficient (Wildman–Crippen LogP) is 5.03.